The molecule has 1 aromatic heterocycles. The van der Waals surface area contributed by atoms with E-state index in [4.69, 9.17) is 4.74 Å². The van der Waals surface area contributed by atoms with E-state index in [9.17, 15) is 4.79 Å². The Morgan fingerprint density at radius 1 is 1.21 bits per heavy atom. The molecule has 0 unspecified atom stereocenters. The van der Waals surface area contributed by atoms with Crippen LogP contribution in [0.5, 0.6) is 0 Å². The second-order valence-electron chi connectivity index (χ2n) is 7.83. The molecule has 1 heterocycles. The molecule has 0 spiro atoms. The predicted molar refractivity (Wildman–Crippen MR) is 102 cm³/mol. The fourth-order valence-corrected chi connectivity index (χ4v) is 4.63. The van der Waals surface area contributed by atoms with Crippen LogP contribution in [0.3, 0.4) is 0 Å². The molecule has 0 bridgehead atoms. The standard InChI is InChI=1S/C20H26BrNO2/c1-20(2,3)24-19(23)14-10-11-15-16(12-14)22(4)18(17(15)21)13-8-6-5-7-9-13/h10-13H,5-9H2,1-4H3. The van der Waals surface area contributed by atoms with Crippen LogP contribution in [0, 0.1) is 0 Å². The molecule has 0 amide bonds. The Morgan fingerprint density at radius 3 is 2.50 bits per heavy atom. The number of aromatic nitrogens is 1. The summed E-state index contributed by atoms with van der Waals surface area (Å²) in [4.78, 5) is 12.4. The fraction of sp³-hybridized carbons (Fsp3) is 0.550. The number of fused-ring (bicyclic) bond motifs is 1. The average Bonchev–Trinajstić information content (AvgIpc) is 2.77. The van der Waals surface area contributed by atoms with Crippen molar-refractivity contribution in [2.24, 2.45) is 7.05 Å². The molecule has 0 saturated heterocycles. The van der Waals surface area contributed by atoms with Gasteiger partial charge >= 0.3 is 5.97 Å². The number of aryl methyl sites for hydroxylation is 1. The van der Waals surface area contributed by atoms with Gasteiger partial charge in [-0.25, -0.2) is 4.79 Å². The van der Waals surface area contributed by atoms with E-state index in [1.54, 1.807) is 0 Å². The van der Waals surface area contributed by atoms with E-state index in [-0.39, 0.29) is 5.97 Å². The number of esters is 1. The number of ether oxygens (including phenoxy) is 1. The minimum absolute atomic E-state index is 0.263. The molecule has 1 saturated carbocycles. The maximum absolute atomic E-state index is 12.4. The van der Waals surface area contributed by atoms with Crippen molar-refractivity contribution in [1.29, 1.82) is 0 Å². The fourth-order valence-electron chi connectivity index (χ4n) is 3.70. The largest absolute Gasteiger partial charge is 0.456 e. The third-order valence-electron chi connectivity index (χ3n) is 4.81. The molecule has 3 rings (SSSR count). The lowest BCUT2D eigenvalue weighted by atomic mass is 9.87. The molecule has 1 aromatic carbocycles. The maximum atomic E-state index is 12.4. The summed E-state index contributed by atoms with van der Waals surface area (Å²) < 4.78 is 8.94. The Balaban J connectivity index is 2.01. The summed E-state index contributed by atoms with van der Waals surface area (Å²) >= 11 is 3.81. The first-order valence-corrected chi connectivity index (χ1v) is 9.58. The summed E-state index contributed by atoms with van der Waals surface area (Å²) in [6.07, 6.45) is 6.47. The van der Waals surface area contributed by atoms with Crippen LogP contribution in [0.2, 0.25) is 0 Å². The first-order valence-electron chi connectivity index (χ1n) is 8.79. The predicted octanol–water partition coefficient (Wildman–Crippen LogP) is 5.94. The lowest BCUT2D eigenvalue weighted by Crippen LogP contribution is -2.23. The summed E-state index contributed by atoms with van der Waals surface area (Å²) in [7, 11) is 2.11. The van der Waals surface area contributed by atoms with Crippen molar-refractivity contribution in [3.05, 3.63) is 33.9 Å². The number of hydrogen-bond donors (Lipinski definition) is 0. The van der Waals surface area contributed by atoms with Crippen molar-refractivity contribution < 1.29 is 9.53 Å². The van der Waals surface area contributed by atoms with Crippen LogP contribution in [0.4, 0.5) is 0 Å². The average molecular weight is 392 g/mol. The summed E-state index contributed by atoms with van der Waals surface area (Å²) in [6.45, 7) is 5.68. The highest BCUT2D eigenvalue weighted by atomic mass is 79.9. The van der Waals surface area contributed by atoms with E-state index in [0.29, 0.717) is 11.5 Å². The molecule has 2 aromatic rings. The molecule has 1 fully saturated rings. The van der Waals surface area contributed by atoms with Crippen LogP contribution in [-0.2, 0) is 11.8 Å². The Morgan fingerprint density at radius 2 is 1.88 bits per heavy atom. The lowest BCUT2D eigenvalue weighted by molar-refractivity contribution is 0.00697. The molecular formula is C20H26BrNO2. The molecule has 3 nitrogen and oxygen atoms in total. The molecule has 0 N–H and O–H groups in total. The molecule has 0 aliphatic heterocycles. The summed E-state index contributed by atoms with van der Waals surface area (Å²) in [5, 5.41) is 1.17. The molecule has 0 radical (unpaired) electrons. The van der Waals surface area contributed by atoms with E-state index in [1.165, 1.54) is 47.7 Å². The quantitative estimate of drug-likeness (QED) is 0.592. The van der Waals surface area contributed by atoms with Gasteiger partial charge in [0.2, 0.25) is 0 Å². The Labute approximate surface area is 152 Å². The highest BCUT2D eigenvalue weighted by Gasteiger charge is 2.25. The van der Waals surface area contributed by atoms with E-state index < -0.39 is 5.60 Å². The van der Waals surface area contributed by atoms with Gasteiger partial charge in [0.05, 0.1) is 5.56 Å². The van der Waals surface area contributed by atoms with Crippen molar-refractivity contribution >= 4 is 32.8 Å². The Bertz CT molecular complexity index is 764. The van der Waals surface area contributed by atoms with Crippen molar-refractivity contribution in [3.63, 3.8) is 0 Å². The van der Waals surface area contributed by atoms with Crippen LogP contribution >= 0.6 is 15.9 Å². The number of benzene rings is 1. The zero-order valence-corrected chi connectivity index (χ0v) is 16.6. The van der Waals surface area contributed by atoms with Gasteiger partial charge in [0.15, 0.2) is 0 Å². The third-order valence-corrected chi connectivity index (χ3v) is 5.64. The second kappa shape index (κ2) is 6.55. The van der Waals surface area contributed by atoms with Crippen LogP contribution in [0.1, 0.15) is 74.8 Å². The van der Waals surface area contributed by atoms with Gasteiger partial charge < -0.3 is 9.30 Å². The number of hydrogen-bond acceptors (Lipinski definition) is 2. The zero-order valence-electron chi connectivity index (χ0n) is 15.0. The molecule has 0 atom stereocenters. The second-order valence-corrected chi connectivity index (χ2v) is 8.62. The monoisotopic (exact) mass is 391 g/mol. The number of rotatable bonds is 2. The first-order chi connectivity index (χ1) is 11.3. The molecule has 130 valence electrons. The van der Waals surface area contributed by atoms with Gasteiger partial charge in [-0.2, -0.15) is 0 Å². The molecule has 24 heavy (non-hydrogen) atoms. The number of nitrogens with zero attached hydrogens (tertiary/aromatic N) is 1. The van der Waals surface area contributed by atoms with Crippen molar-refractivity contribution in [2.75, 3.05) is 0 Å². The summed E-state index contributed by atoms with van der Waals surface area (Å²) in [5.74, 6) is 0.344. The van der Waals surface area contributed by atoms with Gasteiger partial charge in [-0.15, -0.1) is 0 Å². The number of carbonyl (C=O) groups excluding carboxylic acids is 1. The number of halogens is 1. The van der Waals surface area contributed by atoms with Gasteiger partial charge in [0.1, 0.15) is 5.60 Å². The van der Waals surface area contributed by atoms with E-state index >= 15 is 0 Å². The summed E-state index contributed by atoms with van der Waals surface area (Å²) in [5.41, 5.74) is 2.59. The Hall–Kier alpha value is -1.29. The van der Waals surface area contributed by atoms with E-state index in [0.717, 1.165) is 5.52 Å². The van der Waals surface area contributed by atoms with Crippen molar-refractivity contribution in [3.8, 4) is 0 Å². The van der Waals surface area contributed by atoms with Crippen LogP contribution in [-0.4, -0.2) is 16.1 Å². The normalized spacial score (nSPS) is 16.5. The van der Waals surface area contributed by atoms with Crippen molar-refractivity contribution in [2.45, 2.75) is 64.4 Å². The van der Waals surface area contributed by atoms with Gasteiger partial charge in [0.25, 0.3) is 0 Å². The van der Waals surface area contributed by atoms with Crippen LogP contribution < -0.4 is 0 Å². The number of carbonyl (C=O) groups is 1. The molecule has 1 aliphatic rings. The molecular weight excluding hydrogens is 366 g/mol. The van der Waals surface area contributed by atoms with Crippen LogP contribution in [0.15, 0.2) is 22.7 Å². The van der Waals surface area contributed by atoms with Gasteiger partial charge in [-0.1, -0.05) is 25.3 Å². The topological polar surface area (TPSA) is 31.2 Å². The minimum Gasteiger partial charge on any atom is -0.456 e. The van der Waals surface area contributed by atoms with E-state index in [2.05, 4.69) is 27.5 Å². The summed E-state index contributed by atoms with van der Waals surface area (Å²) in [6, 6.07) is 5.86. The van der Waals surface area contributed by atoms with Gasteiger partial charge in [0, 0.05) is 34.0 Å². The van der Waals surface area contributed by atoms with Gasteiger partial charge in [-0.3, -0.25) is 0 Å². The smallest absolute Gasteiger partial charge is 0.338 e. The minimum atomic E-state index is -0.478. The molecule has 4 heteroatoms. The first kappa shape index (κ1) is 17.5. The SMILES string of the molecule is Cn1c(C2CCCCC2)c(Br)c2ccc(C(=O)OC(C)(C)C)cc21. The highest BCUT2D eigenvalue weighted by Crippen LogP contribution is 2.41. The van der Waals surface area contributed by atoms with Crippen molar-refractivity contribution in [1.82, 2.24) is 4.57 Å². The zero-order chi connectivity index (χ0) is 17.5. The maximum Gasteiger partial charge on any atom is 0.338 e. The Kier molecular flexibility index (Phi) is 4.78. The lowest BCUT2D eigenvalue weighted by Gasteiger charge is -2.23. The molecule has 1 aliphatic carbocycles. The third kappa shape index (κ3) is 3.39. The van der Waals surface area contributed by atoms with Gasteiger partial charge in [-0.05, 0) is 61.7 Å². The van der Waals surface area contributed by atoms with E-state index in [1.807, 2.05) is 39.0 Å². The highest BCUT2D eigenvalue weighted by molar-refractivity contribution is 9.10. The van der Waals surface area contributed by atoms with Crippen LogP contribution in [0.25, 0.3) is 10.9 Å².